The fourth-order valence-corrected chi connectivity index (χ4v) is 2.23. The number of carboxylic acids is 1. The molecule has 24 heavy (non-hydrogen) atoms. The number of carbonyl (C=O) groups is 1. The number of phenols is 1. The van der Waals surface area contributed by atoms with E-state index in [1.165, 1.54) is 12.1 Å². The first-order valence-electron chi connectivity index (χ1n) is 7.03. The second-order valence-electron chi connectivity index (χ2n) is 4.97. The topological polar surface area (TPSA) is 141 Å². The third-order valence-electron chi connectivity index (χ3n) is 3.06. The summed E-state index contributed by atoms with van der Waals surface area (Å²) in [5.74, 6) is -2.08. The van der Waals surface area contributed by atoms with E-state index < -0.39 is 25.9 Å². The normalized spacial score (nSPS) is 14.0. The smallest absolute Gasteiger partial charge is 0.320 e. The number of aliphatic carboxylic acids is 1. The highest BCUT2D eigenvalue weighted by molar-refractivity contribution is 7.38. The van der Waals surface area contributed by atoms with Crippen LogP contribution in [0.1, 0.15) is 17.0 Å². The van der Waals surface area contributed by atoms with E-state index in [9.17, 15) is 9.36 Å². The van der Waals surface area contributed by atoms with Gasteiger partial charge in [0.05, 0.1) is 0 Å². The second-order valence-corrected chi connectivity index (χ2v) is 6.19. The molecule has 130 valence electrons. The van der Waals surface area contributed by atoms with Crippen molar-refractivity contribution in [2.24, 2.45) is 5.73 Å². The molecule has 7 nitrogen and oxygen atoms in total. The average molecular weight is 353 g/mol. The third kappa shape index (κ3) is 6.93. The second kappa shape index (κ2) is 9.85. The van der Waals surface area contributed by atoms with Crippen molar-refractivity contribution < 1.29 is 29.6 Å². The lowest BCUT2D eigenvalue weighted by Gasteiger charge is -2.05. The zero-order valence-electron chi connectivity index (χ0n) is 12.7. The van der Waals surface area contributed by atoms with E-state index in [2.05, 4.69) is 0 Å². The molecule has 0 amide bonds. The fraction of sp³-hybridized carbons (Fsp3) is 0.188. The van der Waals surface area contributed by atoms with Crippen molar-refractivity contribution >= 4 is 14.0 Å². The van der Waals surface area contributed by atoms with Gasteiger partial charge in [0.2, 0.25) is 8.03 Å². The van der Waals surface area contributed by atoms with E-state index in [0.29, 0.717) is 5.56 Å². The molecule has 0 radical (unpaired) electrons. The summed E-state index contributed by atoms with van der Waals surface area (Å²) in [6, 6.07) is 13.9. The molecule has 0 saturated heterocycles. The minimum Gasteiger partial charge on any atom is -0.508 e. The number of nitrogens with two attached hydrogens (primary N) is 1. The van der Waals surface area contributed by atoms with Gasteiger partial charge in [-0.2, -0.15) is 0 Å². The summed E-state index contributed by atoms with van der Waals surface area (Å²) in [4.78, 5) is 19.0. The van der Waals surface area contributed by atoms with Crippen molar-refractivity contribution in [1.29, 1.82) is 0 Å². The SMILES string of the molecule is N[C@@H](Cc1ccc(O)cc1)C(=O)O.O=[PH](O)C(O)c1ccccc1. The van der Waals surface area contributed by atoms with Gasteiger partial charge in [0, 0.05) is 0 Å². The predicted octanol–water partition coefficient (Wildman–Crippen LogP) is 1.49. The highest BCUT2D eigenvalue weighted by Gasteiger charge is 2.11. The van der Waals surface area contributed by atoms with Crippen molar-refractivity contribution in [3.05, 3.63) is 65.7 Å². The Kier molecular flexibility index (Phi) is 8.15. The number of rotatable bonds is 5. The van der Waals surface area contributed by atoms with Crippen LogP contribution >= 0.6 is 8.03 Å². The highest BCUT2D eigenvalue weighted by Crippen LogP contribution is 2.34. The lowest BCUT2D eigenvalue weighted by Crippen LogP contribution is -2.32. The Balaban J connectivity index is 0.000000243. The molecule has 0 aliphatic heterocycles. The van der Waals surface area contributed by atoms with Crippen molar-refractivity contribution in [2.75, 3.05) is 0 Å². The first kappa shape index (κ1) is 19.9. The van der Waals surface area contributed by atoms with E-state index in [1.807, 2.05) is 0 Å². The number of hydrogen-bond acceptors (Lipinski definition) is 5. The Labute approximate surface area is 139 Å². The Morgan fingerprint density at radius 1 is 1.08 bits per heavy atom. The summed E-state index contributed by atoms with van der Waals surface area (Å²) in [5, 5.41) is 26.6. The fourth-order valence-electron chi connectivity index (χ4n) is 1.75. The van der Waals surface area contributed by atoms with Crippen LogP contribution < -0.4 is 5.73 Å². The molecule has 2 unspecified atom stereocenters. The van der Waals surface area contributed by atoms with Crippen LogP contribution in [0.4, 0.5) is 0 Å². The molecule has 3 atom stereocenters. The molecular weight excluding hydrogens is 333 g/mol. The zero-order valence-corrected chi connectivity index (χ0v) is 13.7. The van der Waals surface area contributed by atoms with Gasteiger partial charge < -0.3 is 25.9 Å². The Morgan fingerprint density at radius 2 is 1.62 bits per heavy atom. The third-order valence-corrected chi connectivity index (χ3v) is 3.86. The molecule has 0 aliphatic rings. The maximum absolute atomic E-state index is 10.4. The van der Waals surface area contributed by atoms with Gasteiger partial charge in [-0.15, -0.1) is 0 Å². The quantitative estimate of drug-likeness (QED) is 0.513. The van der Waals surface area contributed by atoms with Crippen molar-refractivity contribution in [3.8, 4) is 5.75 Å². The van der Waals surface area contributed by atoms with E-state index in [4.69, 9.17) is 25.9 Å². The van der Waals surface area contributed by atoms with Gasteiger partial charge in [0.25, 0.3) is 0 Å². The number of hydrogen-bond donors (Lipinski definition) is 5. The molecule has 0 saturated carbocycles. The molecule has 2 rings (SSSR count). The molecule has 2 aromatic carbocycles. The van der Waals surface area contributed by atoms with E-state index in [-0.39, 0.29) is 12.2 Å². The number of phenolic OH excluding ortho intramolecular Hbond substituents is 1. The van der Waals surface area contributed by atoms with Crippen LogP contribution in [0, 0.1) is 0 Å². The average Bonchev–Trinajstić information content (AvgIpc) is 2.57. The van der Waals surface area contributed by atoms with Crippen molar-refractivity contribution in [1.82, 2.24) is 0 Å². The maximum atomic E-state index is 10.4. The van der Waals surface area contributed by atoms with E-state index >= 15 is 0 Å². The van der Waals surface area contributed by atoms with Gasteiger partial charge in [0.15, 0.2) is 5.85 Å². The Hall–Kier alpha value is -2.18. The molecule has 8 heteroatoms. The van der Waals surface area contributed by atoms with Crippen LogP contribution in [0.2, 0.25) is 0 Å². The number of aliphatic hydroxyl groups is 1. The van der Waals surface area contributed by atoms with Gasteiger partial charge >= 0.3 is 5.97 Å². The summed E-state index contributed by atoms with van der Waals surface area (Å²) < 4.78 is 10.4. The Bertz CT molecular complexity index is 662. The minimum atomic E-state index is -2.86. The van der Waals surface area contributed by atoms with E-state index in [1.54, 1.807) is 42.5 Å². The van der Waals surface area contributed by atoms with Crippen LogP contribution in [-0.4, -0.2) is 32.2 Å². The van der Waals surface area contributed by atoms with Crippen LogP contribution in [0.25, 0.3) is 0 Å². The molecular formula is C16H20NO6P. The van der Waals surface area contributed by atoms with Crippen molar-refractivity contribution in [2.45, 2.75) is 18.3 Å². The number of carboxylic acid groups (broad SMARTS) is 1. The molecule has 0 spiro atoms. The number of aromatic hydroxyl groups is 1. The van der Waals surface area contributed by atoms with Crippen LogP contribution in [0.5, 0.6) is 5.75 Å². The first-order chi connectivity index (χ1) is 11.3. The molecule has 0 aliphatic carbocycles. The summed E-state index contributed by atoms with van der Waals surface area (Å²) in [5.41, 5.74) is 6.61. The van der Waals surface area contributed by atoms with Crippen molar-refractivity contribution in [3.63, 3.8) is 0 Å². The summed E-state index contributed by atoms with van der Waals surface area (Å²) >= 11 is 0. The van der Waals surface area contributed by atoms with Gasteiger partial charge in [-0.25, -0.2) is 0 Å². The summed E-state index contributed by atoms with van der Waals surface area (Å²) in [7, 11) is -2.86. The summed E-state index contributed by atoms with van der Waals surface area (Å²) in [6.45, 7) is 0. The first-order valence-corrected chi connectivity index (χ1v) is 8.46. The molecule has 0 aromatic heterocycles. The lowest BCUT2D eigenvalue weighted by molar-refractivity contribution is -0.138. The molecule has 0 heterocycles. The maximum Gasteiger partial charge on any atom is 0.320 e. The number of benzene rings is 2. The van der Waals surface area contributed by atoms with Crippen LogP contribution in [-0.2, 0) is 15.8 Å². The molecule has 6 N–H and O–H groups in total. The highest BCUT2D eigenvalue weighted by atomic mass is 31.1. The van der Waals surface area contributed by atoms with Crippen LogP contribution in [0.3, 0.4) is 0 Å². The lowest BCUT2D eigenvalue weighted by atomic mass is 10.1. The van der Waals surface area contributed by atoms with E-state index in [0.717, 1.165) is 5.56 Å². The number of aliphatic hydroxyl groups excluding tert-OH is 1. The monoisotopic (exact) mass is 353 g/mol. The van der Waals surface area contributed by atoms with Gasteiger partial charge in [-0.05, 0) is 29.7 Å². The molecule has 0 bridgehead atoms. The predicted molar refractivity (Wildman–Crippen MR) is 90.0 cm³/mol. The van der Waals surface area contributed by atoms with Gasteiger partial charge in [-0.1, -0.05) is 42.5 Å². The molecule has 0 fully saturated rings. The summed E-state index contributed by atoms with van der Waals surface area (Å²) in [6.07, 6.45) is 0.273. The van der Waals surface area contributed by atoms with Crippen LogP contribution in [0.15, 0.2) is 54.6 Å². The Morgan fingerprint density at radius 3 is 2.08 bits per heavy atom. The zero-order chi connectivity index (χ0) is 18.1. The minimum absolute atomic E-state index is 0.160. The van der Waals surface area contributed by atoms with Gasteiger partial charge in [-0.3, -0.25) is 9.36 Å². The standard InChI is InChI=1S/C9H11NO3.C7H9O3P/c10-8(9(12)13)5-6-1-3-7(11)4-2-6;8-7(11(9)10)6-4-2-1-3-5-6/h1-4,8,11H,5,10H2,(H,12,13);1-5,7-8,11H,(H,9,10)/t8-;/m0./s1. The largest absolute Gasteiger partial charge is 0.508 e. The van der Waals surface area contributed by atoms with Gasteiger partial charge in [0.1, 0.15) is 11.8 Å². The molecule has 2 aromatic rings.